The lowest BCUT2D eigenvalue weighted by Crippen LogP contribution is -2.16. The molecule has 0 aliphatic rings. The van der Waals surface area contributed by atoms with E-state index in [4.69, 9.17) is 10.2 Å². The fraction of sp³-hybridized carbons (Fsp3) is 0. The van der Waals surface area contributed by atoms with Crippen molar-refractivity contribution in [3.8, 4) is 0 Å². The second-order valence-electron chi connectivity index (χ2n) is 2.71. The Morgan fingerprint density at radius 1 is 1.27 bits per heavy atom. The van der Waals surface area contributed by atoms with E-state index in [0.717, 1.165) is 6.07 Å². The van der Waals surface area contributed by atoms with Crippen molar-refractivity contribution in [2.75, 3.05) is 0 Å². The molecule has 0 atom stereocenters. The molecule has 0 radical (unpaired) electrons. The molecule has 80 valence electrons. The van der Waals surface area contributed by atoms with Gasteiger partial charge in [0.1, 0.15) is 0 Å². The van der Waals surface area contributed by atoms with Crippen LogP contribution in [-0.4, -0.2) is 25.3 Å². The molecule has 0 saturated heterocycles. The summed E-state index contributed by atoms with van der Waals surface area (Å²) in [6.07, 6.45) is 0. The molecule has 0 fully saturated rings. The van der Waals surface area contributed by atoms with Crippen molar-refractivity contribution in [2.24, 2.45) is 5.14 Å². The first-order valence-electron chi connectivity index (χ1n) is 3.73. The molecule has 1 aromatic carbocycles. The summed E-state index contributed by atoms with van der Waals surface area (Å²) < 4.78 is 21.8. The van der Waals surface area contributed by atoms with Crippen molar-refractivity contribution in [2.45, 2.75) is 4.90 Å². The normalized spacial score (nSPS) is 11.0. The van der Waals surface area contributed by atoms with Gasteiger partial charge in [-0.15, -0.1) is 0 Å². The van der Waals surface area contributed by atoms with Gasteiger partial charge >= 0.3 is 5.97 Å². The van der Waals surface area contributed by atoms with Crippen LogP contribution in [0.15, 0.2) is 29.2 Å². The third-order valence-corrected chi connectivity index (χ3v) is 2.53. The molecule has 0 aromatic heterocycles. The molecule has 0 heterocycles. The third-order valence-electron chi connectivity index (χ3n) is 1.62. The number of hydrogen-bond acceptors (Lipinski definition) is 4. The van der Waals surface area contributed by atoms with Gasteiger partial charge in [0.15, 0.2) is 0 Å². The highest BCUT2D eigenvalue weighted by Crippen LogP contribution is 2.10. The van der Waals surface area contributed by atoms with Gasteiger partial charge in [-0.05, 0) is 12.1 Å². The number of aliphatic carboxylic acids is 1. The van der Waals surface area contributed by atoms with Gasteiger partial charge in [-0.1, -0.05) is 12.1 Å². The topological polar surface area (TPSA) is 115 Å². The molecule has 0 spiro atoms. The summed E-state index contributed by atoms with van der Waals surface area (Å²) in [4.78, 5) is 21.0. The number of carboxylic acids is 1. The van der Waals surface area contributed by atoms with Crippen LogP contribution in [0.1, 0.15) is 10.4 Å². The number of benzene rings is 1. The summed E-state index contributed by atoms with van der Waals surface area (Å²) in [5, 5.41) is 13.2. The van der Waals surface area contributed by atoms with Crippen molar-refractivity contribution >= 4 is 21.8 Å². The highest BCUT2D eigenvalue weighted by molar-refractivity contribution is 7.89. The molecule has 7 heteroatoms. The predicted octanol–water partition coefficient (Wildman–Crippen LogP) is -0.399. The van der Waals surface area contributed by atoms with Crippen molar-refractivity contribution in [1.82, 2.24) is 0 Å². The van der Waals surface area contributed by atoms with E-state index in [1.165, 1.54) is 18.2 Å². The maximum absolute atomic E-state index is 11.0. The Labute approximate surface area is 85.4 Å². The molecule has 0 amide bonds. The van der Waals surface area contributed by atoms with E-state index in [2.05, 4.69) is 0 Å². The Balaban J connectivity index is 3.26. The lowest BCUT2D eigenvalue weighted by atomic mass is 10.1. The highest BCUT2D eigenvalue weighted by atomic mass is 32.2. The molecule has 6 nitrogen and oxygen atoms in total. The first kappa shape index (κ1) is 11.3. The molecule has 0 saturated carbocycles. The quantitative estimate of drug-likeness (QED) is 0.540. The summed E-state index contributed by atoms with van der Waals surface area (Å²) in [5.41, 5.74) is -0.228. The van der Waals surface area contributed by atoms with Crippen LogP contribution in [0.5, 0.6) is 0 Å². The number of nitrogens with two attached hydrogens (primary N) is 1. The molecule has 1 rings (SSSR count). The zero-order valence-electron chi connectivity index (χ0n) is 7.38. The van der Waals surface area contributed by atoms with Crippen LogP contribution in [0, 0.1) is 0 Å². The van der Waals surface area contributed by atoms with E-state index in [1.54, 1.807) is 0 Å². The zero-order chi connectivity index (χ0) is 11.6. The SMILES string of the molecule is NS(=O)(=O)c1cccc(C(=O)C(=O)O)c1. The number of rotatable bonds is 3. The first-order valence-corrected chi connectivity index (χ1v) is 5.27. The van der Waals surface area contributed by atoms with Gasteiger partial charge in [0.05, 0.1) is 4.90 Å². The van der Waals surface area contributed by atoms with Crippen LogP contribution < -0.4 is 5.14 Å². The lowest BCUT2D eigenvalue weighted by molar-refractivity contribution is -0.131. The average Bonchev–Trinajstić information content (AvgIpc) is 2.15. The van der Waals surface area contributed by atoms with E-state index in [0.29, 0.717) is 0 Å². The van der Waals surface area contributed by atoms with Gasteiger partial charge in [-0.3, -0.25) is 4.79 Å². The van der Waals surface area contributed by atoms with Crippen molar-refractivity contribution < 1.29 is 23.1 Å². The fourth-order valence-corrected chi connectivity index (χ4v) is 1.50. The van der Waals surface area contributed by atoms with E-state index in [9.17, 15) is 18.0 Å². The average molecular weight is 229 g/mol. The summed E-state index contributed by atoms with van der Waals surface area (Å²) in [7, 11) is -3.93. The van der Waals surface area contributed by atoms with Crippen molar-refractivity contribution in [3.05, 3.63) is 29.8 Å². The van der Waals surface area contributed by atoms with Crippen LogP contribution >= 0.6 is 0 Å². The van der Waals surface area contributed by atoms with E-state index < -0.39 is 21.8 Å². The predicted molar refractivity (Wildman–Crippen MR) is 49.8 cm³/mol. The number of hydrogen-bond donors (Lipinski definition) is 2. The number of primary sulfonamides is 1. The molecule has 0 aliphatic carbocycles. The standard InChI is InChI=1S/C8H7NO5S/c9-15(13,14)6-3-1-2-5(4-6)7(10)8(11)12/h1-4H,(H,11,12)(H2,9,13,14). The number of carbonyl (C=O) groups excluding carboxylic acids is 1. The smallest absolute Gasteiger partial charge is 0.377 e. The minimum atomic E-state index is -3.93. The minimum Gasteiger partial charge on any atom is -0.475 e. The zero-order valence-corrected chi connectivity index (χ0v) is 8.19. The van der Waals surface area contributed by atoms with Crippen molar-refractivity contribution in [3.63, 3.8) is 0 Å². The van der Waals surface area contributed by atoms with E-state index in [-0.39, 0.29) is 10.5 Å². The van der Waals surface area contributed by atoms with Gasteiger partial charge < -0.3 is 5.11 Å². The molecule has 3 N–H and O–H groups in total. The monoisotopic (exact) mass is 229 g/mol. The van der Waals surface area contributed by atoms with E-state index in [1.807, 2.05) is 0 Å². The van der Waals surface area contributed by atoms with Gasteiger partial charge in [0, 0.05) is 5.56 Å². The fourth-order valence-electron chi connectivity index (χ4n) is 0.938. The second-order valence-corrected chi connectivity index (χ2v) is 4.27. The second kappa shape index (κ2) is 3.79. The Morgan fingerprint density at radius 3 is 2.33 bits per heavy atom. The van der Waals surface area contributed by atoms with Gasteiger partial charge in [0.2, 0.25) is 10.0 Å². The number of carbonyl (C=O) groups is 2. The Morgan fingerprint density at radius 2 is 1.87 bits per heavy atom. The lowest BCUT2D eigenvalue weighted by Gasteiger charge is -1.99. The largest absolute Gasteiger partial charge is 0.475 e. The van der Waals surface area contributed by atoms with Gasteiger partial charge in [-0.2, -0.15) is 0 Å². The minimum absolute atomic E-state index is 0.228. The summed E-state index contributed by atoms with van der Waals surface area (Å²) >= 11 is 0. The molecular weight excluding hydrogens is 222 g/mol. The number of carboxylic acid groups (broad SMARTS) is 1. The highest BCUT2D eigenvalue weighted by Gasteiger charge is 2.16. The van der Waals surface area contributed by atoms with E-state index >= 15 is 0 Å². The molecule has 0 bridgehead atoms. The van der Waals surface area contributed by atoms with Crippen LogP contribution in [-0.2, 0) is 14.8 Å². The van der Waals surface area contributed by atoms with Gasteiger partial charge in [-0.25, -0.2) is 18.4 Å². The molecule has 15 heavy (non-hydrogen) atoms. The Kier molecular flexibility index (Phi) is 2.87. The van der Waals surface area contributed by atoms with Gasteiger partial charge in [0.25, 0.3) is 5.78 Å². The Hall–Kier alpha value is -1.73. The van der Waals surface area contributed by atoms with Crippen LogP contribution in [0.3, 0.4) is 0 Å². The molecule has 1 aromatic rings. The third kappa shape index (κ3) is 2.61. The first-order chi connectivity index (χ1) is 6.82. The molecular formula is C8H7NO5S. The summed E-state index contributed by atoms with van der Waals surface area (Å²) in [6, 6.07) is 4.54. The van der Waals surface area contributed by atoms with Crippen LogP contribution in [0.2, 0.25) is 0 Å². The summed E-state index contributed by atoms with van der Waals surface area (Å²) in [5.74, 6) is -2.83. The molecule has 0 aliphatic heterocycles. The van der Waals surface area contributed by atoms with Crippen LogP contribution in [0.25, 0.3) is 0 Å². The maximum atomic E-state index is 11.0. The summed E-state index contributed by atoms with van der Waals surface area (Å²) in [6.45, 7) is 0. The van der Waals surface area contributed by atoms with Crippen LogP contribution in [0.4, 0.5) is 0 Å². The number of ketones is 1. The maximum Gasteiger partial charge on any atom is 0.377 e. The van der Waals surface area contributed by atoms with Crippen molar-refractivity contribution in [1.29, 1.82) is 0 Å². The molecule has 0 unspecified atom stereocenters. The number of Topliss-reactive ketones (excluding diaryl/α,β-unsaturated/α-hetero) is 1. The number of sulfonamides is 1. The Bertz CT molecular complexity index is 520.